The van der Waals surface area contributed by atoms with Crippen molar-refractivity contribution in [3.63, 3.8) is 0 Å². The van der Waals surface area contributed by atoms with E-state index in [4.69, 9.17) is 16.1 Å². The number of nitrogens with zero attached hydrogens (tertiary/aromatic N) is 2. The molecule has 5 rings (SSSR count). The van der Waals surface area contributed by atoms with E-state index < -0.39 is 5.82 Å². The number of phenolic OH excluding ortho intramolecular Hbond substituents is 1. The first-order chi connectivity index (χ1) is 15.4. The minimum absolute atomic E-state index is 0.253. The summed E-state index contributed by atoms with van der Waals surface area (Å²) in [6.07, 6.45) is 5.80. The third-order valence-electron chi connectivity index (χ3n) is 6.84. The van der Waals surface area contributed by atoms with E-state index >= 15 is 0 Å². The van der Waals surface area contributed by atoms with Crippen LogP contribution in [0.5, 0.6) is 5.75 Å². The topological polar surface area (TPSA) is 102 Å². The molecule has 1 aliphatic heterocycles. The fourth-order valence-electron chi connectivity index (χ4n) is 5.06. The van der Waals surface area contributed by atoms with Gasteiger partial charge >= 0.3 is 0 Å². The Kier molecular flexibility index (Phi) is 5.21. The van der Waals surface area contributed by atoms with Crippen molar-refractivity contribution < 1.29 is 9.50 Å². The Morgan fingerprint density at radius 1 is 1.25 bits per heavy atom. The number of aryl methyl sites for hydroxylation is 1. The van der Waals surface area contributed by atoms with E-state index in [0.29, 0.717) is 35.1 Å². The second-order valence-corrected chi connectivity index (χ2v) is 8.85. The average molecular weight is 434 g/mol. The normalized spacial score (nSPS) is 16.6. The molecule has 1 saturated carbocycles. The van der Waals surface area contributed by atoms with Crippen LogP contribution in [0.2, 0.25) is 0 Å². The lowest BCUT2D eigenvalue weighted by Gasteiger charge is -2.22. The number of nitrogens with one attached hydrogen (secondary N) is 2. The summed E-state index contributed by atoms with van der Waals surface area (Å²) < 4.78 is 14.0. The maximum absolute atomic E-state index is 14.0. The highest BCUT2D eigenvalue weighted by Gasteiger charge is 2.31. The number of aromatic amines is 1. The zero-order valence-electron chi connectivity index (χ0n) is 18.2. The third-order valence-corrected chi connectivity index (χ3v) is 6.84. The lowest BCUT2D eigenvalue weighted by atomic mass is 9.95. The van der Waals surface area contributed by atoms with Crippen molar-refractivity contribution in [1.29, 1.82) is 5.41 Å². The molecule has 2 aliphatic rings. The van der Waals surface area contributed by atoms with E-state index in [1.165, 1.54) is 37.8 Å². The van der Waals surface area contributed by atoms with Crippen molar-refractivity contribution >= 4 is 11.4 Å². The van der Waals surface area contributed by atoms with Crippen molar-refractivity contribution in [3.05, 3.63) is 64.5 Å². The second kappa shape index (κ2) is 8.06. The SMILES string of the molecule is CCc1cc(O)c(F)cc1-c1ccc(C(=N)c2nc3c([nH]2)CN(C2CCCC2)C3)c(N)c1. The fourth-order valence-corrected chi connectivity index (χ4v) is 5.06. The highest BCUT2D eigenvalue weighted by atomic mass is 19.1. The van der Waals surface area contributed by atoms with Gasteiger partial charge in [-0.3, -0.25) is 10.3 Å². The first-order valence-electron chi connectivity index (χ1n) is 11.3. The number of aromatic nitrogens is 2. The number of nitrogen functional groups attached to an aromatic ring is 1. The zero-order valence-corrected chi connectivity index (χ0v) is 18.2. The van der Waals surface area contributed by atoms with Crippen molar-refractivity contribution in [1.82, 2.24) is 14.9 Å². The van der Waals surface area contributed by atoms with Gasteiger partial charge < -0.3 is 15.8 Å². The van der Waals surface area contributed by atoms with Crippen molar-refractivity contribution in [3.8, 4) is 16.9 Å². The van der Waals surface area contributed by atoms with Gasteiger partial charge in [0.15, 0.2) is 17.4 Å². The monoisotopic (exact) mass is 433 g/mol. The summed E-state index contributed by atoms with van der Waals surface area (Å²) in [4.78, 5) is 10.5. The van der Waals surface area contributed by atoms with Crippen LogP contribution in [0.25, 0.3) is 11.1 Å². The summed E-state index contributed by atoms with van der Waals surface area (Å²) in [5.41, 5.74) is 12.0. The molecule has 6 nitrogen and oxygen atoms in total. The summed E-state index contributed by atoms with van der Waals surface area (Å²) in [5, 5.41) is 18.4. The molecule has 0 saturated heterocycles. The van der Waals surface area contributed by atoms with Crippen LogP contribution in [-0.4, -0.2) is 31.7 Å². The second-order valence-electron chi connectivity index (χ2n) is 8.85. The largest absolute Gasteiger partial charge is 0.505 e. The first kappa shape index (κ1) is 20.7. The lowest BCUT2D eigenvalue weighted by molar-refractivity contribution is 0.199. The van der Waals surface area contributed by atoms with Gasteiger partial charge in [0.2, 0.25) is 0 Å². The average Bonchev–Trinajstić information content (AvgIpc) is 3.51. The molecule has 0 bridgehead atoms. The minimum Gasteiger partial charge on any atom is -0.505 e. The summed E-state index contributed by atoms with van der Waals surface area (Å²) in [6.45, 7) is 3.65. The number of rotatable bonds is 5. The number of phenols is 1. The summed E-state index contributed by atoms with van der Waals surface area (Å²) in [7, 11) is 0. The number of aromatic hydroxyl groups is 1. The number of halogens is 1. The molecule has 0 unspecified atom stereocenters. The molecule has 1 aliphatic carbocycles. The van der Waals surface area contributed by atoms with Gasteiger partial charge in [-0.15, -0.1) is 0 Å². The molecular weight excluding hydrogens is 405 g/mol. The van der Waals surface area contributed by atoms with Crippen molar-refractivity contribution in [2.24, 2.45) is 0 Å². The van der Waals surface area contributed by atoms with Crippen molar-refractivity contribution in [2.45, 2.75) is 58.2 Å². The zero-order chi connectivity index (χ0) is 22.4. The van der Waals surface area contributed by atoms with E-state index in [-0.39, 0.29) is 11.5 Å². The van der Waals surface area contributed by atoms with E-state index in [1.807, 2.05) is 13.0 Å². The summed E-state index contributed by atoms with van der Waals surface area (Å²) in [5.74, 6) is -0.482. The molecule has 2 heterocycles. The smallest absolute Gasteiger partial charge is 0.165 e. The molecule has 32 heavy (non-hydrogen) atoms. The van der Waals surface area contributed by atoms with E-state index in [1.54, 1.807) is 12.1 Å². The molecule has 1 fully saturated rings. The van der Waals surface area contributed by atoms with Crippen LogP contribution in [0.1, 0.15) is 60.9 Å². The molecular formula is C25H28FN5O. The van der Waals surface area contributed by atoms with Gasteiger partial charge in [-0.25, -0.2) is 9.37 Å². The van der Waals surface area contributed by atoms with Crippen LogP contribution >= 0.6 is 0 Å². The fraction of sp³-hybridized carbons (Fsp3) is 0.360. The predicted molar refractivity (Wildman–Crippen MR) is 123 cm³/mol. The molecule has 5 N–H and O–H groups in total. The van der Waals surface area contributed by atoms with Crippen molar-refractivity contribution in [2.75, 3.05) is 5.73 Å². The van der Waals surface area contributed by atoms with Crippen LogP contribution in [0.3, 0.4) is 0 Å². The van der Waals surface area contributed by atoms with Crippen LogP contribution in [0.15, 0.2) is 30.3 Å². The summed E-state index contributed by atoms with van der Waals surface area (Å²) in [6, 6.07) is 8.82. The molecule has 0 atom stereocenters. The number of imidazole rings is 1. The van der Waals surface area contributed by atoms with Gasteiger partial charge in [0.05, 0.1) is 11.4 Å². The Labute approximate surface area is 186 Å². The maximum Gasteiger partial charge on any atom is 0.165 e. The van der Waals surface area contributed by atoms with Crippen LogP contribution in [-0.2, 0) is 19.5 Å². The Morgan fingerprint density at radius 2 is 2.03 bits per heavy atom. The van der Waals surface area contributed by atoms with Crippen LogP contribution in [0, 0.1) is 11.2 Å². The maximum atomic E-state index is 14.0. The van der Waals surface area contributed by atoms with Gasteiger partial charge in [0.1, 0.15) is 5.71 Å². The van der Waals surface area contributed by atoms with E-state index in [2.05, 4.69) is 9.88 Å². The number of hydrogen-bond donors (Lipinski definition) is 4. The van der Waals surface area contributed by atoms with Crippen LogP contribution < -0.4 is 5.73 Å². The van der Waals surface area contributed by atoms with Gasteiger partial charge in [-0.1, -0.05) is 31.9 Å². The van der Waals surface area contributed by atoms with Gasteiger partial charge in [0.25, 0.3) is 0 Å². The Bertz CT molecular complexity index is 1170. The quantitative estimate of drug-likeness (QED) is 0.345. The van der Waals surface area contributed by atoms with Crippen LogP contribution in [0.4, 0.5) is 10.1 Å². The number of nitrogens with two attached hydrogens (primary N) is 1. The van der Waals surface area contributed by atoms with Gasteiger partial charge in [-0.05, 0) is 54.2 Å². The number of benzene rings is 2. The highest BCUT2D eigenvalue weighted by molar-refractivity contribution is 6.12. The minimum atomic E-state index is -0.663. The molecule has 0 spiro atoms. The lowest BCUT2D eigenvalue weighted by Crippen LogP contribution is -2.28. The highest BCUT2D eigenvalue weighted by Crippen LogP contribution is 2.33. The Hall–Kier alpha value is -3.19. The first-order valence-corrected chi connectivity index (χ1v) is 11.3. The van der Waals surface area contributed by atoms with E-state index in [0.717, 1.165) is 35.6 Å². The molecule has 7 heteroatoms. The number of hydrogen-bond acceptors (Lipinski definition) is 5. The molecule has 0 amide bonds. The van der Waals surface area contributed by atoms with Gasteiger partial charge in [0, 0.05) is 30.4 Å². The third kappa shape index (κ3) is 3.56. The number of anilines is 1. The number of H-pyrrole nitrogens is 1. The Morgan fingerprint density at radius 3 is 2.72 bits per heavy atom. The predicted octanol–water partition coefficient (Wildman–Crippen LogP) is 4.74. The Balaban J connectivity index is 1.39. The molecule has 0 radical (unpaired) electrons. The molecule has 2 aromatic carbocycles. The molecule has 1 aromatic heterocycles. The number of fused-ring (bicyclic) bond motifs is 1. The molecule has 3 aromatic rings. The van der Waals surface area contributed by atoms with Gasteiger partial charge in [-0.2, -0.15) is 0 Å². The molecule has 166 valence electrons. The van der Waals surface area contributed by atoms with E-state index in [9.17, 15) is 9.50 Å². The summed E-state index contributed by atoms with van der Waals surface area (Å²) >= 11 is 0. The standard InChI is InChI=1S/C25H28FN5O/c1-2-14-10-23(32)19(26)11-18(14)15-7-8-17(20(27)9-15)24(28)25-29-21-12-31(13-22(21)30-25)16-5-3-4-6-16/h7-11,16,28,32H,2-6,12-13,27H2,1H3,(H,29,30).